The van der Waals surface area contributed by atoms with E-state index in [4.69, 9.17) is 10.5 Å². The highest BCUT2D eigenvalue weighted by Gasteiger charge is 2.49. The van der Waals surface area contributed by atoms with Gasteiger partial charge in [0.1, 0.15) is 6.54 Å². The predicted molar refractivity (Wildman–Crippen MR) is 77.2 cm³/mol. The molecule has 2 atom stereocenters. The first-order chi connectivity index (χ1) is 9.27. The first-order valence-electron chi connectivity index (χ1n) is 6.89. The first-order valence-corrected chi connectivity index (χ1v) is 6.89. The van der Waals surface area contributed by atoms with E-state index in [0.717, 1.165) is 17.8 Å². The molecule has 1 heterocycles. The zero-order valence-electron chi connectivity index (χ0n) is 12.9. The molecule has 1 aromatic rings. The van der Waals surface area contributed by atoms with Crippen LogP contribution in [0, 0.1) is 19.3 Å². The molecule has 2 unspecified atom stereocenters. The number of methoxy groups -OCH3 is 1. The highest BCUT2D eigenvalue weighted by atomic mass is 16.5. The minimum absolute atomic E-state index is 0.0293. The first kappa shape index (κ1) is 14.8. The Morgan fingerprint density at radius 1 is 1.55 bits per heavy atom. The number of aromatic nitrogens is 2. The number of aryl methyl sites for hydroxylation is 1. The molecular weight excluding hydrogens is 256 g/mol. The van der Waals surface area contributed by atoms with E-state index in [0.29, 0.717) is 5.69 Å². The lowest BCUT2D eigenvalue weighted by molar-refractivity contribution is -0.133. The molecule has 0 saturated heterocycles. The molecule has 0 spiro atoms. The summed E-state index contributed by atoms with van der Waals surface area (Å²) >= 11 is 0. The second-order valence-corrected chi connectivity index (χ2v) is 6.14. The highest BCUT2D eigenvalue weighted by molar-refractivity contribution is 5.76. The van der Waals surface area contributed by atoms with Crippen LogP contribution in [0.4, 0.5) is 5.69 Å². The van der Waals surface area contributed by atoms with Crippen molar-refractivity contribution in [2.24, 2.45) is 5.41 Å². The van der Waals surface area contributed by atoms with Crippen molar-refractivity contribution in [2.75, 3.05) is 12.8 Å². The minimum atomic E-state index is -0.0387. The summed E-state index contributed by atoms with van der Waals surface area (Å²) in [5.74, 6) is -0.0387. The molecule has 0 aliphatic heterocycles. The smallest absolute Gasteiger partial charge is 0.241 e. The van der Waals surface area contributed by atoms with Gasteiger partial charge < -0.3 is 15.8 Å². The maximum absolute atomic E-state index is 12.1. The van der Waals surface area contributed by atoms with E-state index in [1.165, 1.54) is 0 Å². The Bertz CT molecular complexity index is 521. The molecular formula is C14H24N4O2. The quantitative estimate of drug-likeness (QED) is 0.862. The molecule has 1 aromatic heterocycles. The van der Waals surface area contributed by atoms with Crippen molar-refractivity contribution in [3.8, 4) is 0 Å². The van der Waals surface area contributed by atoms with Crippen LogP contribution in [0.5, 0.6) is 0 Å². The topological polar surface area (TPSA) is 82.2 Å². The molecule has 1 amide bonds. The SMILES string of the molecule is COC1CC(NC(=O)Cn2nc(C)c(N)c2C)C1(C)C. The van der Waals surface area contributed by atoms with Crippen molar-refractivity contribution < 1.29 is 9.53 Å². The van der Waals surface area contributed by atoms with Crippen molar-refractivity contribution in [2.45, 2.75) is 52.8 Å². The Hall–Kier alpha value is -1.56. The fraction of sp³-hybridized carbons (Fsp3) is 0.714. The van der Waals surface area contributed by atoms with Crippen LogP contribution in [0.25, 0.3) is 0 Å². The molecule has 0 radical (unpaired) electrons. The molecule has 6 nitrogen and oxygen atoms in total. The maximum Gasteiger partial charge on any atom is 0.241 e. The van der Waals surface area contributed by atoms with Gasteiger partial charge in [0, 0.05) is 18.6 Å². The fourth-order valence-electron chi connectivity index (χ4n) is 2.77. The van der Waals surface area contributed by atoms with Gasteiger partial charge in [-0.15, -0.1) is 0 Å². The lowest BCUT2D eigenvalue weighted by Gasteiger charge is -2.51. The zero-order chi connectivity index (χ0) is 15.1. The number of carbonyl (C=O) groups is 1. The number of ether oxygens (including phenoxy) is 1. The predicted octanol–water partition coefficient (Wildman–Crippen LogP) is 1.01. The average Bonchev–Trinajstić information content (AvgIpc) is 2.61. The average molecular weight is 280 g/mol. The molecule has 1 aliphatic rings. The number of hydrogen-bond acceptors (Lipinski definition) is 4. The summed E-state index contributed by atoms with van der Waals surface area (Å²) in [4.78, 5) is 12.1. The summed E-state index contributed by atoms with van der Waals surface area (Å²) < 4.78 is 7.04. The van der Waals surface area contributed by atoms with Gasteiger partial charge in [-0.1, -0.05) is 13.8 Å². The van der Waals surface area contributed by atoms with Gasteiger partial charge in [-0.25, -0.2) is 0 Å². The van der Waals surface area contributed by atoms with Crippen LogP contribution >= 0.6 is 0 Å². The molecule has 1 saturated carbocycles. The highest BCUT2D eigenvalue weighted by Crippen LogP contribution is 2.42. The number of nitrogens with two attached hydrogens (primary N) is 1. The summed E-state index contributed by atoms with van der Waals surface area (Å²) in [5.41, 5.74) is 8.09. The molecule has 6 heteroatoms. The van der Waals surface area contributed by atoms with Gasteiger partial charge in [0.15, 0.2) is 0 Å². The van der Waals surface area contributed by atoms with E-state index >= 15 is 0 Å². The molecule has 112 valence electrons. The summed E-state index contributed by atoms with van der Waals surface area (Å²) in [6, 6.07) is 0.147. The Labute approximate surface area is 119 Å². The maximum atomic E-state index is 12.1. The Morgan fingerprint density at radius 2 is 2.20 bits per heavy atom. The Balaban J connectivity index is 1.95. The van der Waals surface area contributed by atoms with Crippen LogP contribution in [-0.2, 0) is 16.1 Å². The normalized spacial score (nSPS) is 24.2. The van der Waals surface area contributed by atoms with Crippen molar-refractivity contribution >= 4 is 11.6 Å². The van der Waals surface area contributed by atoms with Crippen LogP contribution in [0.2, 0.25) is 0 Å². The largest absolute Gasteiger partial charge is 0.396 e. The Morgan fingerprint density at radius 3 is 2.65 bits per heavy atom. The third-order valence-corrected chi connectivity index (χ3v) is 4.53. The van der Waals surface area contributed by atoms with Crippen molar-refractivity contribution in [1.82, 2.24) is 15.1 Å². The van der Waals surface area contributed by atoms with Crippen molar-refractivity contribution in [1.29, 1.82) is 0 Å². The van der Waals surface area contributed by atoms with Crippen molar-refractivity contribution in [3.05, 3.63) is 11.4 Å². The number of amides is 1. The van der Waals surface area contributed by atoms with Gasteiger partial charge in [-0.2, -0.15) is 5.10 Å². The van der Waals surface area contributed by atoms with E-state index in [1.807, 2.05) is 13.8 Å². The number of hydrogen-bond donors (Lipinski definition) is 2. The Kier molecular flexibility index (Phi) is 3.77. The van der Waals surface area contributed by atoms with Gasteiger partial charge in [0.25, 0.3) is 0 Å². The molecule has 20 heavy (non-hydrogen) atoms. The van der Waals surface area contributed by atoms with E-state index in [-0.39, 0.29) is 30.0 Å². The molecule has 0 aromatic carbocycles. The van der Waals surface area contributed by atoms with Crippen molar-refractivity contribution in [3.63, 3.8) is 0 Å². The number of nitrogen functional groups attached to an aromatic ring is 1. The standard InChI is InChI=1S/C14H24N4O2/c1-8-13(15)9(2)18(17-8)7-12(19)16-10-6-11(20-5)14(10,3)4/h10-11H,6-7,15H2,1-5H3,(H,16,19). The third-order valence-electron chi connectivity index (χ3n) is 4.53. The van der Waals surface area contributed by atoms with Crippen LogP contribution in [0.3, 0.4) is 0 Å². The summed E-state index contributed by atoms with van der Waals surface area (Å²) in [7, 11) is 1.71. The lowest BCUT2D eigenvalue weighted by atomic mass is 9.64. The van der Waals surface area contributed by atoms with E-state index in [9.17, 15) is 4.79 Å². The number of rotatable bonds is 4. The van der Waals surface area contributed by atoms with Gasteiger partial charge in [0.2, 0.25) is 5.91 Å². The molecule has 0 bridgehead atoms. The number of nitrogens with one attached hydrogen (secondary N) is 1. The molecule has 2 rings (SSSR count). The van der Waals surface area contributed by atoms with E-state index in [2.05, 4.69) is 24.3 Å². The minimum Gasteiger partial charge on any atom is -0.396 e. The third kappa shape index (κ3) is 2.40. The molecule has 1 aliphatic carbocycles. The lowest BCUT2D eigenvalue weighted by Crippen LogP contribution is -2.62. The fourth-order valence-corrected chi connectivity index (χ4v) is 2.77. The number of nitrogens with zero attached hydrogens (tertiary/aromatic N) is 2. The summed E-state index contributed by atoms with van der Waals surface area (Å²) in [6.45, 7) is 8.13. The monoisotopic (exact) mass is 280 g/mol. The zero-order valence-corrected chi connectivity index (χ0v) is 12.9. The van der Waals surface area contributed by atoms with Gasteiger partial charge in [0.05, 0.1) is 23.2 Å². The van der Waals surface area contributed by atoms with Crippen LogP contribution in [0.1, 0.15) is 31.7 Å². The summed E-state index contributed by atoms with van der Waals surface area (Å²) in [5, 5.41) is 7.33. The van der Waals surface area contributed by atoms with Crippen LogP contribution in [-0.4, -0.2) is 34.9 Å². The second-order valence-electron chi connectivity index (χ2n) is 6.14. The molecule has 1 fully saturated rings. The van der Waals surface area contributed by atoms with Crippen LogP contribution in [0.15, 0.2) is 0 Å². The number of carbonyl (C=O) groups excluding carboxylic acids is 1. The van der Waals surface area contributed by atoms with E-state index in [1.54, 1.807) is 11.8 Å². The van der Waals surface area contributed by atoms with Gasteiger partial charge in [-0.05, 0) is 20.3 Å². The van der Waals surface area contributed by atoms with Crippen LogP contribution < -0.4 is 11.1 Å². The summed E-state index contributed by atoms with van der Waals surface area (Å²) in [6.07, 6.45) is 1.06. The molecule has 3 N–H and O–H groups in total. The van der Waals surface area contributed by atoms with Gasteiger partial charge >= 0.3 is 0 Å². The number of anilines is 1. The second kappa shape index (κ2) is 5.09. The van der Waals surface area contributed by atoms with E-state index < -0.39 is 0 Å². The van der Waals surface area contributed by atoms with Gasteiger partial charge in [-0.3, -0.25) is 9.48 Å².